The minimum Gasteiger partial charge on any atom is -0.507 e. The Morgan fingerprint density at radius 3 is 2.43 bits per heavy atom. The van der Waals surface area contributed by atoms with Crippen molar-refractivity contribution in [3.63, 3.8) is 0 Å². The predicted molar refractivity (Wildman–Crippen MR) is 81.3 cm³/mol. The van der Waals surface area contributed by atoms with Crippen molar-refractivity contribution in [2.45, 2.75) is 18.7 Å². The van der Waals surface area contributed by atoms with E-state index in [1.165, 1.54) is 18.2 Å². The maximum Gasteiger partial charge on any atom is 0.255 e. The molecule has 0 aromatic heterocycles. The average molecular weight is 314 g/mol. The molecule has 1 amide bonds. The van der Waals surface area contributed by atoms with Gasteiger partial charge in [-0.25, -0.2) is 8.42 Å². The van der Waals surface area contributed by atoms with Crippen molar-refractivity contribution in [1.82, 2.24) is 10.2 Å². The second kappa shape index (κ2) is 7.42. The van der Waals surface area contributed by atoms with Crippen LogP contribution in [-0.4, -0.2) is 56.8 Å². The SMILES string of the molecule is CCN(CC)CCNC(=O)c1cc(S(C)(=O)=O)ccc1O. The van der Waals surface area contributed by atoms with Gasteiger partial charge in [0, 0.05) is 19.3 Å². The summed E-state index contributed by atoms with van der Waals surface area (Å²) in [5.41, 5.74) is -0.0301. The van der Waals surface area contributed by atoms with Gasteiger partial charge < -0.3 is 15.3 Å². The molecule has 2 N–H and O–H groups in total. The van der Waals surface area contributed by atoms with Gasteiger partial charge in [-0.1, -0.05) is 13.8 Å². The van der Waals surface area contributed by atoms with Crippen LogP contribution in [0.4, 0.5) is 0 Å². The van der Waals surface area contributed by atoms with Gasteiger partial charge in [0.15, 0.2) is 9.84 Å². The third-order valence-corrected chi connectivity index (χ3v) is 4.36. The molecule has 0 unspecified atom stereocenters. The maximum absolute atomic E-state index is 12.0. The van der Waals surface area contributed by atoms with E-state index in [-0.39, 0.29) is 16.2 Å². The van der Waals surface area contributed by atoms with Gasteiger partial charge in [-0.15, -0.1) is 0 Å². The summed E-state index contributed by atoms with van der Waals surface area (Å²) in [5.74, 6) is -0.715. The first kappa shape index (κ1) is 17.5. The van der Waals surface area contributed by atoms with Gasteiger partial charge in [0.05, 0.1) is 10.5 Å². The summed E-state index contributed by atoms with van der Waals surface area (Å²) < 4.78 is 23.0. The first-order valence-corrected chi connectivity index (χ1v) is 8.72. The van der Waals surface area contributed by atoms with Crippen LogP contribution in [0.2, 0.25) is 0 Å². The van der Waals surface area contributed by atoms with Crippen LogP contribution in [0, 0.1) is 0 Å². The monoisotopic (exact) mass is 314 g/mol. The van der Waals surface area contributed by atoms with Crippen molar-refractivity contribution in [2.75, 3.05) is 32.4 Å². The molecule has 0 aliphatic rings. The van der Waals surface area contributed by atoms with Crippen LogP contribution in [0.1, 0.15) is 24.2 Å². The Kier molecular flexibility index (Phi) is 6.17. The number of phenolic OH excluding ortho intramolecular Hbond substituents is 1. The van der Waals surface area contributed by atoms with Crippen LogP contribution in [0.3, 0.4) is 0 Å². The van der Waals surface area contributed by atoms with E-state index in [9.17, 15) is 18.3 Å². The molecule has 118 valence electrons. The number of sulfone groups is 1. The van der Waals surface area contributed by atoms with Crippen LogP contribution in [-0.2, 0) is 9.84 Å². The van der Waals surface area contributed by atoms with Gasteiger partial charge in [-0.3, -0.25) is 4.79 Å². The fraction of sp³-hybridized carbons (Fsp3) is 0.500. The van der Waals surface area contributed by atoms with Crippen molar-refractivity contribution in [3.05, 3.63) is 23.8 Å². The Hall–Kier alpha value is -1.60. The Labute approximate surface area is 125 Å². The maximum atomic E-state index is 12.0. The summed E-state index contributed by atoms with van der Waals surface area (Å²) in [7, 11) is -3.42. The lowest BCUT2D eigenvalue weighted by molar-refractivity contribution is 0.0946. The number of nitrogens with one attached hydrogen (secondary N) is 1. The van der Waals surface area contributed by atoms with Gasteiger partial charge in [-0.2, -0.15) is 0 Å². The lowest BCUT2D eigenvalue weighted by Gasteiger charge is -2.18. The zero-order valence-electron chi connectivity index (χ0n) is 12.6. The molecule has 0 heterocycles. The molecule has 0 bridgehead atoms. The number of nitrogens with zero attached hydrogens (tertiary/aromatic N) is 1. The molecule has 1 aromatic carbocycles. The van der Waals surface area contributed by atoms with Crippen LogP contribution < -0.4 is 5.32 Å². The number of carbonyl (C=O) groups is 1. The molecule has 1 rings (SSSR count). The van der Waals surface area contributed by atoms with E-state index < -0.39 is 15.7 Å². The Bertz CT molecular complexity index is 595. The number of benzene rings is 1. The van der Waals surface area contributed by atoms with Crippen molar-refractivity contribution in [3.8, 4) is 5.75 Å². The molecule has 6 nitrogen and oxygen atoms in total. The fourth-order valence-corrected chi connectivity index (χ4v) is 2.54. The molecule has 21 heavy (non-hydrogen) atoms. The van der Waals surface area contributed by atoms with E-state index in [1.807, 2.05) is 13.8 Å². The largest absolute Gasteiger partial charge is 0.507 e. The highest BCUT2D eigenvalue weighted by molar-refractivity contribution is 7.90. The first-order chi connectivity index (χ1) is 9.79. The van der Waals surface area contributed by atoms with Crippen LogP contribution >= 0.6 is 0 Å². The molecule has 0 radical (unpaired) electrons. The number of amides is 1. The summed E-state index contributed by atoms with van der Waals surface area (Å²) in [6.07, 6.45) is 1.06. The highest BCUT2D eigenvalue weighted by Gasteiger charge is 2.15. The lowest BCUT2D eigenvalue weighted by Crippen LogP contribution is -2.34. The molecule has 0 spiro atoms. The Morgan fingerprint density at radius 1 is 1.29 bits per heavy atom. The number of rotatable bonds is 7. The zero-order valence-corrected chi connectivity index (χ0v) is 13.4. The summed E-state index contributed by atoms with van der Waals surface area (Å²) in [4.78, 5) is 14.2. The van der Waals surface area contributed by atoms with E-state index >= 15 is 0 Å². The van der Waals surface area contributed by atoms with Crippen molar-refractivity contribution < 1.29 is 18.3 Å². The summed E-state index contributed by atoms with van der Waals surface area (Å²) in [6, 6.07) is 3.68. The second-order valence-electron chi connectivity index (χ2n) is 4.73. The third kappa shape index (κ3) is 5.02. The quantitative estimate of drug-likeness (QED) is 0.780. The molecular weight excluding hydrogens is 292 g/mol. The third-order valence-electron chi connectivity index (χ3n) is 3.25. The van der Waals surface area contributed by atoms with Gasteiger partial charge in [-0.05, 0) is 31.3 Å². The second-order valence-corrected chi connectivity index (χ2v) is 6.75. The Balaban J connectivity index is 2.78. The van der Waals surface area contributed by atoms with E-state index in [2.05, 4.69) is 10.2 Å². The number of phenols is 1. The van der Waals surface area contributed by atoms with Gasteiger partial charge in [0.25, 0.3) is 5.91 Å². The van der Waals surface area contributed by atoms with Crippen LogP contribution in [0.25, 0.3) is 0 Å². The number of likely N-dealkylation sites (N-methyl/N-ethyl adjacent to an activating group) is 1. The van der Waals surface area contributed by atoms with E-state index in [0.717, 1.165) is 19.3 Å². The molecule has 0 aliphatic carbocycles. The number of hydrogen-bond donors (Lipinski definition) is 2. The molecule has 0 saturated carbocycles. The number of aromatic hydroxyl groups is 1. The summed E-state index contributed by atoms with van der Waals surface area (Å²) in [6.45, 7) is 6.98. The molecule has 1 aromatic rings. The van der Waals surface area contributed by atoms with Crippen molar-refractivity contribution >= 4 is 15.7 Å². The van der Waals surface area contributed by atoms with E-state index in [4.69, 9.17) is 0 Å². The fourth-order valence-electron chi connectivity index (χ4n) is 1.89. The van der Waals surface area contributed by atoms with Crippen molar-refractivity contribution in [1.29, 1.82) is 0 Å². The highest BCUT2D eigenvalue weighted by atomic mass is 32.2. The molecule has 0 atom stereocenters. The topological polar surface area (TPSA) is 86.7 Å². The van der Waals surface area contributed by atoms with Gasteiger partial charge in [0.2, 0.25) is 0 Å². The summed E-state index contributed by atoms with van der Waals surface area (Å²) in [5, 5.41) is 12.4. The van der Waals surface area contributed by atoms with Gasteiger partial charge >= 0.3 is 0 Å². The lowest BCUT2D eigenvalue weighted by atomic mass is 10.2. The molecule has 7 heteroatoms. The number of hydrogen-bond acceptors (Lipinski definition) is 5. The predicted octanol–water partition coefficient (Wildman–Crippen LogP) is 0.867. The van der Waals surface area contributed by atoms with Gasteiger partial charge in [0.1, 0.15) is 5.75 Å². The minimum absolute atomic E-state index is 0.00851. The zero-order chi connectivity index (χ0) is 16.0. The average Bonchev–Trinajstić information content (AvgIpc) is 2.42. The molecular formula is C14H22N2O4S. The molecule has 0 saturated heterocycles. The normalized spacial score (nSPS) is 11.6. The first-order valence-electron chi connectivity index (χ1n) is 6.83. The van der Waals surface area contributed by atoms with E-state index in [1.54, 1.807) is 0 Å². The Morgan fingerprint density at radius 2 is 1.90 bits per heavy atom. The highest BCUT2D eigenvalue weighted by Crippen LogP contribution is 2.21. The number of carbonyl (C=O) groups excluding carboxylic acids is 1. The smallest absolute Gasteiger partial charge is 0.255 e. The molecule has 0 fully saturated rings. The standard InChI is InChI=1S/C14H22N2O4S/c1-4-16(5-2)9-8-15-14(18)12-10-11(21(3,19)20)6-7-13(12)17/h6-7,10,17H,4-5,8-9H2,1-3H3,(H,15,18). The minimum atomic E-state index is -3.42. The van der Waals surface area contributed by atoms with Crippen molar-refractivity contribution in [2.24, 2.45) is 0 Å². The molecule has 0 aliphatic heterocycles. The van der Waals surface area contributed by atoms with Crippen LogP contribution in [0.15, 0.2) is 23.1 Å². The summed E-state index contributed by atoms with van der Waals surface area (Å²) >= 11 is 0. The van der Waals surface area contributed by atoms with E-state index in [0.29, 0.717) is 13.1 Å². The van der Waals surface area contributed by atoms with Crippen LogP contribution in [0.5, 0.6) is 5.75 Å².